The van der Waals surface area contributed by atoms with Gasteiger partial charge >= 0.3 is 0 Å². The van der Waals surface area contributed by atoms with E-state index in [1.807, 2.05) is 24.3 Å². The molecular weight excluding hydrogens is 441 g/mol. The van der Waals surface area contributed by atoms with Gasteiger partial charge in [-0.25, -0.2) is 4.39 Å². The van der Waals surface area contributed by atoms with Gasteiger partial charge in [-0.15, -0.1) is 0 Å². The van der Waals surface area contributed by atoms with Gasteiger partial charge in [0.05, 0.1) is 5.69 Å². The number of hydrogen-bond donors (Lipinski definition) is 0. The summed E-state index contributed by atoms with van der Waals surface area (Å²) < 4.78 is 13.3. The smallest absolute Gasteiger partial charge is 0.195 e. The lowest BCUT2D eigenvalue weighted by atomic mass is 9.81. The minimum absolute atomic E-state index is 0.148. The standard InChI is InChI=1S/C30H18FNO3/c31-21-5-3-6-22(17-21)32-18-20-13-11-19(12-14-20)15-16-27(33)25-9-4-10-26-28(25)30(35)24-8-2-1-7-23(24)29(26)34/h1-18H/b16-15+,32-18?. The maximum Gasteiger partial charge on any atom is 0.195 e. The second-order valence-corrected chi connectivity index (χ2v) is 8.03. The molecule has 1 aliphatic carbocycles. The number of carbonyl (C=O) groups is 3. The molecule has 0 atom stereocenters. The van der Waals surface area contributed by atoms with E-state index in [4.69, 9.17) is 0 Å². The first kappa shape index (κ1) is 22.0. The van der Waals surface area contributed by atoms with Crippen LogP contribution in [0.1, 0.15) is 53.3 Å². The first-order chi connectivity index (χ1) is 17.0. The number of carbonyl (C=O) groups excluding carboxylic acids is 3. The normalized spacial score (nSPS) is 12.7. The summed E-state index contributed by atoms with van der Waals surface area (Å²) in [5.41, 5.74) is 3.36. The summed E-state index contributed by atoms with van der Waals surface area (Å²) in [6.45, 7) is 0. The van der Waals surface area contributed by atoms with E-state index in [2.05, 4.69) is 4.99 Å². The minimum Gasteiger partial charge on any atom is -0.289 e. The highest BCUT2D eigenvalue weighted by atomic mass is 19.1. The predicted octanol–water partition coefficient (Wildman–Crippen LogP) is 6.25. The van der Waals surface area contributed by atoms with E-state index in [1.165, 1.54) is 18.2 Å². The first-order valence-electron chi connectivity index (χ1n) is 10.9. The van der Waals surface area contributed by atoms with Gasteiger partial charge in [0, 0.05) is 34.0 Å². The Bertz CT molecular complexity index is 1550. The summed E-state index contributed by atoms with van der Waals surface area (Å²) in [7, 11) is 0. The number of aliphatic imine (C=N–C) groups is 1. The Morgan fingerprint density at radius 1 is 0.714 bits per heavy atom. The molecule has 0 bridgehead atoms. The van der Waals surface area contributed by atoms with Gasteiger partial charge in [0.25, 0.3) is 0 Å². The molecule has 5 heteroatoms. The van der Waals surface area contributed by atoms with Crippen LogP contribution in [0.25, 0.3) is 6.08 Å². The van der Waals surface area contributed by atoms with Gasteiger partial charge < -0.3 is 0 Å². The highest BCUT2D eigenvalue weighted by molar-refractivity contribution is 6.31. The molecule has 4 nitrogen and oxygen atoms in total. The van der Waals surface area contributed by atoms with Crippen LogP contribution in [0.15, 0.2) is 102 Å². The van der Waals surface area contributed by atoms with Crippen molar-refractivity contribution in [3.05, 3.63) is 142 Å². The Morgan fingerprint density at radius 2 is 1.37 bits per heavy atom. The maximum absolute atomic E-state index is 13.3. The highest BCUT2D eigenvalue weighted by Crippen LogP contribution is 2.30. The van der Waals surface area contributed by atoms with Gasteiger partial charge in [-0.2, -0.15) is 0 Å². The maximum atomic E-state index is 13.3. The molecule has 0 spiro atoms. The third kappa shape index (κ3) is 4.39. The number of nitrogens with zero attached hydrogens (tertiary/aromatic N) is 1. The Balaban J connectivity index is 1.36. The van der Waals surface area contributed by atoms with Gasteiger partial charge in [-0.05, 0) is 35.4 Å². The zero-order chi connectivity index (χ0) is 24.4. The van der Waals surface area contributed by atoms with Gasteiger partial charge in [0.1, 0.15) is 5.82 Å². The number of ketones is 3. The second kappa shape index (κ2) is 9.23. The van der Waals surface area contributed by atoms with E-state index in [0.717, 1.165) is 11.1 Å². The van der Waals surface area contributed by atoms with Crippen molar-refractivity contribution in [3.8, 4) is 0 Å². The van der Waals surface area contributed by atoms with Crippen molar-refractivity contribution in [3.63, 3.8) is 0 Å². The molecule has 0 aromatic heterocycles. The van der Waals surface area contributed by atoms with Crippen molar-refractivity contribution < 1.29 is 18.8 Å². The molecule has 0 fully saturated rings. The Labute approximate surface area is 201 Å². The molecule has 168 valence electrons. The number of hydrogen-bond acceptors (Lipinski definition) is 4. The van der Waals surface area contributed by atoms with Crippen LogP contribution in [0.3, 0.4) is 0 Å². The minimum atomic E-state index is -0.362. The zero-order valence-electron chi connectivity index (χ0n) is 18.4. The van der Waals surface area contributed by atoms with E-state index in [9.17, 15) is 18.8 Å². The van der Waals surface area contributed by atoms with E-state index in [-0.39, 0.29) is 39.9 Å². The summed E-state index contributed by atoms with van der Waals surface area (Å²) in [5, 5.41) is 0. The fraction of sp³-hybridized carbons (Fsp3) is 0. The summed E-state index contributed by atoms with van der Waals surface area (Å²) >= 11 is 0. The SMILES string of the molecule is O=C(/C=C/c1ccc(C=Nc2cccc(F)c2)cc1)c1cccc2c1C(=O)c1ccccc1C2=O. The van der Waals surface area contributed by atoms with Crippen LogP contribution in [0.2, 0.25) is 0 Å². The second-order valence-electron chi connectivity index (χ2n) is 8.03. The Morgan fingerprint density at radius 3 is 2.11 bits per heavy atom. The molecular formula is C30H18FNO3. The lowest BCUT2D eigenvalue weighted by Gasteiger charge is -2.19. The first-order valence-corrected chi connectivity index (χ1v) is 10.9. The fourth-order valence-corrected chi connectivity index (χ4v) is 4.01. The van der Waals surface area contributed by atoms with E-state index in [0.29, 0.717) is 16.8 Å². The van der Waals surface area contributed by atoms with Crippen LogP contribution >= 0.6 is 0 Å². The molecule has 0 heterocycles. The molecule has 0 aliphatic heterocycles. The lowest BCUT2D eigenvalue weighted by molar-refractivity contribution is 0.0972. The predicted molar refractivity (Wildman–Crippen MR) is 133 cm³/mol. The summed E-state index contributed by atoms with van der Waals surface area (Å²) in [6, 6.07) is 24.7. The average molecular weight is 459 g/mol. The van der Waals surface area contributed by atoms with Crippen molar-refractivity contribution >= 4 is 35.3 Å². The van der Waals surface area contributed by atoms with Crippen LogP contribution in [0, 0.1) is 5.82 Å². The summed E-state index contributed by atoms with van der Waals surface area (Å²) in [6.07, 6.45) is 4.67. The van der Waals surface area contributed by atoms with Crippen LogP contribution in [0.5, 0.6) is 0 Å². The molecule has 0 radical (unpaired) electrons. The molecule has 0 saturated carbocycles. The van der Waals surface area contributed by atoms with Crippen molar-refractivity contribution in [1.82, 2.24) is 0 Å². The van der Waals surface area contributed by atoms with Crippen LogP contribution < -0.4 is 0 Å². The van der Waals surface area contributed by atoms with Gasteiger partial charge in [-0.1, -0.05) is 78.9 Å². The Kier molecular flexibility index (Phi) is 5.81. The zero-order valence-corrected chi connectivity index (χ0v) is 18.4. The van der Waals surface area contributed by atoms with E-state index >= 15 is 0 Å². The fourth-order valence-electron chi connectivity index (χ4n) is 4.01. The van der Waals surface area contributed by atoms with Crippen LogP contribution in [-0.2, 0) is 0 Å². The van der Waals surface area contributed by atoms with Crippen molar-refractivity contribution in [1.29, 1.82) is 0 Å². The monoisotopic (exact) mass is 459 g/mol. The molecule has 5 rings (SSSR count). The van der Waals surface area contributed by atoms with Crippen LogP contribution in [0.4, 0.5) is 10.1 Å². The molecule has 4 aromatic rings. The molecule has 0 unspecified atom stereocenters. The molecule has 0 saturated heterocycles. The summed E-state index contributed by atoms with van der Waals surface area (Å²) in [5.74, 6) is -1.29. The molecule has 4 aromatic carbocycles. The third-order valence-electron chi connectivity index (χ3n) is 5.75. The number of rotatable bonds is 5. The third-order valence-corrected chi connectivity index (χ3v) is 5.75. The van der Waals surface area contributed by atoms with Crippen LogP contribution in [-0.4, -0.2) is 23.6 Å². The number of fused-ring (bicyclic) bond motifs is 2. The molecule has 0 N–H and O–H groups in total. The van der Waals surface area contributed by atoms with Crippen molar-refractivity contribution in [2.75, 3.05) is 0 Å². The Hall–Kier alpha value is -4.77. The molecule has 0 amide bonds. The highest BCUT2D eigenvalue weighted by Gasteiger charge is 2.32. The van der Waals surface area contributed by atoms with Gasteiger partial charge in [0.15, 0.2) is 17.3 Å². The topological polar surface area (TPSA) is 63.6 Å². The van der Waals surface area contributed by atoms with E-state index in [1.54, 1.807) is 66.9 Å². The number of halogens is 1. The largest absolute Gasteiger partial charge is 0.289 e. The molecule has 1 aliphatic rings. The van der Waals surface area contributed by atoms with E-state index < -0.39 is 0 Å². The van der Waals surface area contributed by atoms with Crippen molar-refractivity contribution in [2.45, 2.75) is 0 Å². The lowest BCUT2D eigenvalue weighted by Crippen LogP contribution is -2.23. The van der Waals surface area contributed by atoms with Gasteiger partial charge in [-0.3, -0.25) is 19.4 Å². The quantitative estimate of drug-likeness (QED) is 0.177. The summed E-state index contributed by atoms with van der Waals surface area (Å²) in [4.78, 5) is 43.3. The van der Waals surface area contributed by atoms with Crippen molar-refractivity contribution in [2.24, 2.45) is 4.99 Å². The number of benzene rings is 4. The molecule has 35 heavy (non-hydrogen) atoms. The van der Waals surface area contributed by atoms with Gasteiger partial charge in [0.2, 0.25) is 0 Å². The number of allylic oxidation sites excluding steroid dienone is 1. The average Bonchev–Trinajstić information content (AvgIpc) is 2.89.